The second kappa shape index (κ2) is 17.3. The van der Waals surface area contributed by atoms with Crippen LogP contribution >= 0.6 is 54.5 Å². The summed E-state index contributed by atoms with van der Waals surface area (Å²) in [7, 11) is 0.678. The van der Waals surface area contributed by atoms with E-state index in [-0.39, 0.29) is 0 Å². The predicted octanol–water partition coefficient (Wildman–Crippen LogP) is 14.9. The molecule has 10 rings (SSSR count). The summed E-state index contributed by atoms with van der Waals surface area (Å²) in [5.41, 5.74) is 10.7. The Kier molecular flexibility index (Phi) is 11.7. The van der Waals surface area contributed by atoms with Crippen LogP contribution in [0.3, 0.4) is 0 Å². The molecule has 0 aliphatic rings. The Morgan fingerprint density at radius 3 is 1.43 bits per heavy atom. The monoisotopic (exact) mass is 967 g/mol. The molecule has 0 atom stereocenters. The van der Waals surface area contributed by atoms with Gasteiger partial charge in [0.25, 0.3) is 0 Å². The molecule has 56 heavy (non-hydrogen) atoms. The third-order valence-electron chi connectivity index (χ3n) is 9.36. The maximum Gasteiger partial charge on any atom is 0.569 e. The average Bonchev–Trinajstić information content (AvgIpc) is 3.85. The van der Waals surface area contributed by atoms with Crippen LogP contribution in [-0.2, 0) is 0 Å². The van der Waals surface area contributed by atoms with Crippen molar-refractivity contribution in [1.82, 2.24) is 0 Å². The van der Waals surface area contributed by atoms with Gasteiger partial charge >= 0.3 is 7.69 Å². The molecule has 0 saturated carbocycles. The van der Waals surface area contributed by atoms with Gasteiger partial charge in [-0.05, 0) is 98.9 Å². The van der Waals surface area contributed by atoms with E-state index in [0.29, 0.717) is 13.4 Å². The summed E-state index contributed by atoms with van der Waals surface area (Å²) in [6, 6.07) is 61.3. The molecule has 4 nitrogen and oxygen atoms in total. The topological polar surface area (TPSA) is 55.7 Å². The quantitative estimate of drug-likeness (QED) is 0.138. The van der Waals surface area contributed by atoms with Crippen LogP contribution in [0.1, 0.15) is 0 Å². The van der Waals surface area contributed by atoms with Crippen LogP contribution in [0.5, 0.6) is 5.75 Å². The predicted molar refractivity (Wildman–Crippen MR) is 247 cm³/mol. The lowest BCUT2D eigenvalue weighted by atomic mass is 9.99. The van der Waals surface area contributed by atoms with Crippen molar-refractivity contribution in [3.63, 3.8) is 0 Å². The van der Waals surface area contributed by atoms with Gasteiger partial charge in [0.1, 0.15) is 28.1 Å². The molecule has 2 aromatic heterocycles. The first-order valence-electron chi connectivity index (χ1n) is 17.8. The lowest BCUT2D eigenvalue weighted by molar-refractivity contribution is 0.454. The molecule has 8 heteroatoms. The number of para-hydroxylation sites is 2. The molecule has 1 radical (unpaired) electrons. The SMILES string of the molecule is Brc1ccc(-c2ccc(-c3ccccc3)cc2)c2oc3ccccc3c12.Brc1ccc(I)c2oc3ccccc3c12.O[B]Oc1ccc(-c2ccccc2)cc1. The minimum Gasteiger partial charge on any atom is -0.537 e. The molecule has 0 fully saturated rings. The zero-order valence-corrected chi connectivity index (χ0v) is 35.0. The van der Waals surface area contributed by atoms with Gasteiger partial charge in [-0.3, -0.25) is 0 Å². The van der Waals surface area contributed by atoms with E-state index in [1.807, 2.05) is 97.1 Å². The molecular formula is C48H31BBr2IO4. The van der Waals surface area contributed by atoms with Gasteiger partial charge < -0.3 is 18.5 Å². The Bertz CT molecular complexity index is 2890. The highest BCUT2D eigenvalue weighted by molar-refractivity contribution is 14.1. The normalized spacial score (nSPS) is 10.9. The van der Waals surface area contributed by atoms with Crippen molar-refractivity contribution in [1.29, 1.82) is 0 Å². The van der Waals surface area contributed by atoms with Crippen LogP contribution in [-0.4, -0.2) is 12.7 Å². The van der Waals surface area contributed by atoms with Crippen LogP contribution in [0, 0.1) is 3.57 Å². The fourth-order valence-corrected chi connectivity index (χ4v) is 8.27. The zero-order chi connectivity index (χ0) is 38.4. The van der Waals surface area contributed by atoms with Gasteiger partial charge in [-0.25, -0.2) is 0 Å². The van der Waals surface area contributed by atoms with E-state index in [1.54, 1.807) is 0 Å². The summed E-state index contributed by atoms with van der Waals surface area (Å²) < 4.78 is 20.1. The summed E-state index contributed by atoms with van der Waals surface area (Å²) in [4.78, 5) is 0. The largest absolute Gasteiger partial charge is 0.569 e. The van der Waals surface area contributed by atoms with Gasteiger partial charge in [-0.2, -0.15) is 0 Å². The molecule has 0 bridgehead atoms. The Labute approximate surface area is 355 Å². The summed E-state index contributed by atoms with van der Waals surface area (Å²) in [5, 5.41) is 13.1. The Morgan fingerprint density at radius 1 is 0.446 bits per heavy atom. The highest BCUT2D eigenvalue weighted by atomic mass is 127. The van der Waals surface area contributed by atoms with E-state index in [0.717, 1.165) is 78.6 Å². The third kappa shape index (κ3) is 8.06. The summed E-state index contributed by atoms with van der Waals surface area (Å²) in [6.45, 7) is 0. The van der Waals surface area contributed by atoms with Gasteiger partial charge in [0.05, 0.1) is 3.57 Å². The molecule has 0 unspecified atom stereocenters. The zero-order valence-electron chi connectivity index (χ0n) is 29.7. The lowest BCUT2D eigenvalue weighted by Gasteiger charge is -2.06. The van der Waals surface area contributed by atoms with E-state index < -0.39 is 0 Å². The van der Waals surface area contributed by atoms with Crippen LogP contribution in [0.4, 0.5) is 0 Å². The first kappa shape index (κ1) is 37.8. The van der Waals surface area contributed by atoms with Gasteiger partial charge in [-0.15, -0.1) is 0 Å². The smallest absolute Gasteiger partial charge is 0.537 e. The Hall–Kier alpha value is -5.13. The number of benzene rings is 8. The molecule has 0 amide bonds. The maximum atomic E-state index is 8.46. The standard InChI is InChI=1S/C24H15BrO.C12H10BO2.C12H6BrIO/c25-21-15-14-19(24-23(21)20-8-4-5-9-22(20)26-24)18-12-10-17(11-13-18)16-6-2-1-3-7-16;14-13-15-12-8-6-11(7-9-12)10-4-2-1-3-5-10;13-8-5-6-9(14)12-11(8)7-3-1-2-4-10(7)15-12/h1-15H;1-9,14H;1-6H. The van der Waals surface area contributed by atoms with E-state index in [4.69, 9.17) is 18.5 Å². The molecule has 0 aliphatic carbocycles. The van der Waals surface area contributed by atoms with E-state index >= 15 is 0 Å². The molecule has 2 heterocycles. The lowest BCUT2D eigenvalue weighted by Crippen LogP contribution is -1.99. The molecule has 0 spiro atoms. The van der Waals surface area contributed by atoms with Crippen molar-refractivity contribution in [2.75, 3.05) is 0 Å². The van der Waals surface area contributed by atoms with Crippen molar-refractivity contribution in [3.8, 4) is 39.1 Å². The molecule has 0 saturated heterocycles. The third-order valence-corrected chi connectivity index (χ3v) is 11.5. The fraction of sp³-hybridized carbons (Fsp3) is 0. The number of fused-ring (bicyclic) bond motifs is 6. The van der Waals surface area contributed by atoms with Crippen LogP contribution < -0.4 is 4.65 Å². The van der Waals surface area contributed by atoms with Crippen LogP contribution in [0.15, 0.2) is 200 Å². The van der Waals surface area contributed by atoms with Crippen molar-refractivity contribution < 1.29 is 18.5 Å². The highest BCUT2D eigenvalue weighted by Gasteiger charge is 2.15. The second-order valence-corrected chi connectivity index (χ2v) is 15.7. The fourth-order valence-electron chi connectivity index (χ4n) is 6.66. The minimum absolute atomic E-state index is 0.622. The Balaban J connectivity index is 0.000000126. The van der Waals surface area contributed by atoms with E-state index in [9.17, 15) is 0 Å². The number of rotatable bonds is 5. The maximum absolute atomic E-state index is 8.46. The first-order valence-corrected chi connectivity index (χ1v) is 20.4. The molecule has 8 aromatic carbocycles. The number of furan rings is 2. The first-order chi connectivity index (χ1) is 27.5. The van der Waals surface area contributed by atoms with Crippen LogP contribution in [0.2, 0.25) is 0 Å². The van der Waals surface area contributed by atoms with Crippen molar-refractivity contribution in [2.45, 2.75) is 0 Å². The van der Waals surface area contributed by atoms with Gasteiger partial charge in [0, 0.05) is 36.1 Å². The molecule has 1 N–H and O–H groups in total. The number of hydrogen-bond acceptors (Lipinski definition) is 4. The molecular weight excluding hydrogens is 938 g/mol. The summed E-state index contributed by atoms with van der Waals surface area (Å²) in [6.07, 6.45) is 0. The molecule has 271 valence electrons. The van der Waals surface area contributed by atoms with Crippen LogP contribution in [0.25, 0.3) is 77.3 Å². The van der Waals surface area contributed by atoms with Gasteiger partial charge in [0.2, 0.25) is 0 Å². The molecule has 10 aromatic rings. The highest BCUT2D eigenvalue weighted by Crippen LogP contribution is 2.40. The van der Waals surface area contributed by atoms with Gasteiger partial charge in [0.15, 0.2) is 0 Å². The van der Waals surface area contributed by atoms with Crippen molar-refractivity contribution in [3.05, 3.63) is 195 Å². The average molecular weight is 969 g/mol. The van der Waals surface area contributed by atoms with E-state index in [2.05, 4.69) is 139 Å². The van der Waals surface area contributed by atoms with Crippen molar-refractivity contribution >= 4 is 106 Å². The second-order valence-electron chi connectivity index (χ2n) is 12.8. The Morgan fingerprint density at radius 2 is 0.875 bits per heavy atom. The summed E-state index contributed by atoms with van der Waals surface area (Å²) >= 11 is 9.55. The number of hydrogen-bond donors (Lipinski definition) is 1. The molecule has 0 aliphatic heterocycles. The summed E-state index contributed by atoms with van der Waals surface area (Å²) in [5.74, 6) is 0.622. The van der Waals surface area contributed by atoms with Crippen molar-refractivity contribution in [2.24, 2.45) is 0 Å². The minimum atomic E-state index is 0.622. The van der Waals surface area contributed by atoms with E-state index in [1.165, 1.54) is 11.1 Å². The van der Waals surface area contributed by atoms with Gasteiger partial charge in [-0.1, -0.05) is 165 Å². The number of halogens is 3.